The van der Waals surface area contributed by atoms with Gasteiger partial charge in [-0.15, -0.1) is 12.4 Å². The van der Waals surface area contributed by atoms with Crippen molar-refractivity contribution in [1.29, 1.82) is 0 Å². The van der Waals surface area contributed by atoms with E-state index in [4.69, 9.17) is 28.7 Å². The third kappa shape index (κ3) is 27.3. The predicted octanol–water partition coefficient (Wildman–Crippen LogP) is -6.29. The molecule has 30 heteroatoms. The molecule has 0 saturated carbocycles. The minimum atomic E-state index is -1.69. The van der Waals surface area contributed by atoms with Gasteiger partial charge < -0.3 is 97.4 Å². The van der Waals surface area contributed by atoms with Crippen molar-refractivity contribution >= 4 is 77.4 Å². The molecule has 454 valence electrons. The van der Waals surface area contributed by atoms with Gasteiger partial charge in [-0.1, -0.05) is 46.5 Å². The molecule has 1 heterocycles. The predicted molar refractivity (Wildman–Crippen MR) is 294 cm³/mol. The van der Waals surface area contributed by atoms with Crippen LogP contribution < -0.4 is 87.2 Å². The molecule has 0 aromatic rings. The second-order valence-electron chi connectivity index (χ2n) is 19.9. The van der Waals surface area contributed by atoms with E-state index in [0.29, 0.717) is 6.42 Å². The van der Waals surface area contributed by atoms with Gasteiger partial charge >= 0.3 is 0 Å². The van der Waals surface area contributed by atoms with Gasteiger partial charge in [-0.3, -0.25) is 52.7 Å². The third-order valence-electron chi connectivity index (χ3n) is 12.6. The zero-order valence-electron chi connectivity index (χ0n) is 46.6. The van der Waals surface area contributed by atoms with E-state index in [1.54, 1.807) is 13.8 Å². The fourth-order valence-electron chi connectivity index (χ4n) is 8.10. The Balaban J connectivity index is 0.0000608. The second kappa shape index (κ2) is 39.5. The molecule has 1 fully saturated rings. The van der Waals surface area contributed by atoms with Crippen molar-refractivity contribution in [2.75, 3.05) is 39.3 Å². The molecule has 0 aliphatic carbocycles. The van der Waals surface area contributed by atoms with Crippen LogP contribution in [0.5, 0.6) is 0 Å². The van der Waals surface area contributed by atoms with Crippen molar-refractivity contribution in [3.63, 3.8) is 0 Å². The van der Waals surface area contributed by atoms with Gasteiger partial charge in [0, 0.05) is 13.0 Å². The minimum absolute atomic E-state index is 0. The average Bonchev–Trinajstić information content (AvgIpc) is 3.37. The average molecular weight is 1150 g/mol. The summed E-state index contributed by atoms with van der Waals surface area (Å²) in [5.74, 6) is -9.86. The standard InChI is InChI=1S/C49H92N16O13.ClH/c1-7-8-9-10-11-12-37(68)57-30(13-19-50)45(74)65-39(29(6)67)49(78)62-33(16-22-53)43(72)61-35-18-24-55-48(77)38(28(5)66)64-46(75)34(17-23-54)59-42(71)32(15-21-52)60-47(76)36(25-26(2)3)63-40(69)27(4)56-41(70)31(14-20-51)58-44(35)73;/h26-36,38-39,66-67H,7-25,50-54H2,1-6H3,(H,55,77)(H,56,70)(H,57,68)(H,58,73)(H,59,71)(H,60,76)(H,61,72)(H,62,78)(H,63,69)(H,64,75)(H,65,74);1H/t27-,28-,29-,30+,31+,32+,33+,34+,35+,36+,38+,39+;/m1./s1. The summed E-state index contributed by atoms with van der Waals surface area (Å²) in [7, 11) is 0. The number of carbonyl (C=O) groups is 11. The third-order valence-corrected chi connectivity index (χ3v) is 12.6. The minimum Gasteiger partial charge on any atom is -0.391 e. The molecule has 0 spiro atoms. The van der Waals surface area contributed by atoms with Crippen LogP contribution in [0.15, 0.2) is 0 Å². The van der Waals surface area contributed by atoms with Crippen molar-refractivity contribution in [2.24, 2.45) is 34.6 Å². The summed E-state index contributed by atoms with van der Waals surface area (Å²) in [6.45, 7) is 8.22. The van der Waals surface area contributed by atoms with Gasteiger partial charge in [0.05, 0.1) is 12.2 Å². The monoisotopic (exact) mass is 1150 g/mol. The molecule has 0 unspecified atom stereocenters. The summed E-state index contributed by atoms with van der Waals surface area (Å²) >= 11 is 0. The Kier molecular flexibility index (Phi) is 36.6. The molecule has 11 amide bonds. The van der Waals surface area contributed by atoms with E-state index >= 15 is 0 Å². The molecular weight excluding hydrogens is 1060 g/mol. The van der Waals surface area contributed by atoms with Crippen molar-refractivity contribution in [2.45, 2.75) is 198 Å². The van der Waals surface area contributed by atoms with Crippen molar-refractivity contribution in [3.05, 3.63) is 0 Å². The summed E-state index contributed by atoms with van der Waals surface area (Å²) in [4.78, 5) is 151. The Morgan fingerprint density at radius 2 is 1.05 bits per heavy atom. The second-order valence-corrected chi connectivity index (χ2v) is 19.9. The van der Waals surface area contributed by atoms with Gasteiger partial charge in [-0.2, -0.15) is 0 Å². The molecular formula is C49H93ClN16O13. The molecule has 23 N–H and O–H groups in total. The number of hydrogen-bond acceptors (Lipinski definition) is 18. The lowest BCUT2D eigenvalue weighted by Gasteiger charge is -2.28. The summed E-state index contributed by atoms with van der Waals surface area (Å²) in [5.41, 5.74) is 29.0. The smallest absolute Gasteiger partial charge is 0.245 e. The highest BCUT2D eigenvalue weighted by Gasteiger charge is 2.37. The van der Waals surface area contributed by atoms with E-state index in [1.165, 1.54) is 20.8 Å². The van der Waals surface area contributed by atoms with Gasteiger partial charge in [0.2, 0.25) is 65.0 Å². The molecule has 1 rings (SSSR count). The van der Waals surface area contributed by atoms with Crippen LogP contribution >= 0.6 is 12.4 Å². The molecule has 0 aromatic heterocycles. The highest BCUT2D eigenvalue weighted by atomic mass is 35.5. The number of nitrogens with one attached hydrogen (secondary N) is 11. The zero-order chi connectivity index (χ0) is 59.1. The van der Waals surface area contributed by atoms with Crippen LogP contribution in [0.1, 0.15) is 125 Å². The Labute approximate surface area is 469 Å². The highest BCUT2D eigenvalue weighted by molar-refractivity contribution is 5.99. The van der Waals surface area contributed by atoms with E-state index in [0.717, 1.165) is 25.7 Å². The number of nitrogens with two attached hydrogens (primary N) is 5. The Morgan fingerprint density at radius 1 is 0.570 bits per heavy atom. The Morgan fingerprint density at radius 3 is 1.54 bits per heavy atom. The molecule has 79 heavy (non-hydrogen) atoms. The number of unbranched alkanes of at least 4 members (excludes halogenated alkanes) is 4. The summed E-state index contributed by atoms with van der Waals surface area (Å²) in [5, 5.41) is 48.9. The number of aliphatic hydroxyl groups is 2. The first kappa shape index (κ1) is 73.2. The highest BCUT2D eigenvalue weighted by Crippen LogP contribution is 2.10. The van der Waals surface area contributed by atoms with Gasteiger partial charge in [-0.25, -0.2) is 0 Å². The van der Waals surface area contributed by atoms with Crippen LogP contribution in [-0.4, -0.2) is 187 Å². The first-order valence-electron chi connectivity index (χ1n) is 27.1. The van der Waals surface area contributed by atoms with Crippen LogP contribution in [0.2, 0.25) is 0 Å². The number of amides is 11. The van der Waals surface area contributed by atoms with Gasteiger partial charge in [0.1, 0.15) is 60.4 Å². The number of hydrogen-bond donors (Lipinski definition) is 18. The van der Waals surface area contributed by atoms with E-state index < -0.39 is 151 Å². The molecule has 0 radical (unpaired) electrons. The molecule has 12 atom stereocenters. The fourth-order valence-corrected chi connectivity index (χ4v) is 8.10. The quantitative estimate of drug-likeness (QED) is 0.0340. The van der Waals surface area contributed by atoms with Gasteiger partial charge in [-0.05, 0) is 111 Å². The van der Waals surface area contributed by atoms with Crippen molar-refractivity contribution in [3.8, 4) is 0 Å². The molecule has 1 saturated heterocycles. The number of halogens is 1. The summed E-state index contributed by atoms with van der Waals surface area (Å²) in [6.07, 6.45) is 0.287. The largest absolute Gasteiger partial charge is 0.391 e. The van der Waals surface area contributed by atoms with E-state index in [-0.39, 0.29) is 96.0 Å². The van der Waals surface area contributed by atoms with Gasteiger partial charge in [0.15, 0.2) is 0 Å². The zero-order valence-corrected chi connectivity index (χ0v) is 47.4. The van der Waals surface area contributed by atoms with Crippen molar-refractivity contribution in [1.82, 2.24) is 58.5 Å². The molecule has 1 aliphatic rings. The molecule has 29 nitrogen and oxygen atoms in total. The van der Waals surface area contributed by atoms with Crippen LogP contribution in [0.3, 0.4) is 0 Å². The molecule has 0 aromatic carbocycles. The number of carbonyl (C=O) groups excluding carboxylic acids is 11. The fraction of sp³-hybridized carbons (Fsp3) is 0.776. The lowest BCUT2D eigenvalue weighted by Crippen LogP contribution is -2.62. The lowest BCUT2D eigenvalue weighted by molar-refractivity contribution is -0.137. The van der Waals surface area contributed by atoms with E-state index in [9.17, 15) is 63.0 Å². The first-order valence-corrected chi connectivity index (χ1v) is 27.1. The number of aliphatic hydroxyl groups excluding tert-OH is 2. The van der Waals surface area contributed by atoms with E-state index in [2.05, 4.69) is 65.4 Å². The van der Waals surface area contributed by atoms with Crippen LogP contribution in [0, 0.1) is 5.92 Å². The maximum absolute atomic E-state index is 14.2. The molecule has 1 aliphatic heterocycles. The Hall–Kier alpha value is -5.82. The van der Waals surface area contributed by atoms with Crippen molar-refractivity contribution < 1.29 is 63.0 Å². The summed E-state index contributed by atoms with van der Waals surface area (Å²) < 4.78 is 0. The van der Waals surface area contributed by atoms with Crippen LogP contribution in [-0.2, 0) is 52.7 Å². The summed E-state index contributed by atoms with van der Waals surface area (Å²) in [6, 6.07) is -14.5. The first-order chi connectivity index (χ1) is 36.9. The van der Waals surface area contributed by atoms with Gasteiger partial charge in [0.25, 0.3) is 0 Å². The van der Waals surface area contributed by atoms with Crippen LogP contribution in [0.4, 0.5) is 0 Å². The lowest BCUT2D eigenvalue weighted by atomic mass is 10.0. The molecule has 0 bridgehead atoms. The normalized spacial score (nSPS) is 23.2. The SMILES string of the molecule is CCCCCCCC(=O)N[C@@H](CCN)C(=O)N[C@H](C(=O)N[C@@H](CCN)C(=O)N[C@H]1CCNC(=O)[C@H]([C@@H](C)O)NC(=O)[C@H](CCN)NC(=O)[C@H](CCN)NC(=O)[C@H](CC(C)C)NC(=O)[C@@H](C)NC(=O)[C@H](CCN)NC1=O)[C@@H](C)O.Cl. The topological polar surface area (TPSA) is 491 Å². The van der Waals surface area contributed by atoms with Crippen LogP contribution in [0.25, 0.3) is 0 Å². The number of rotatable bonds is 27. The Bertz CT molecular complexity index is 1970. The van der Waals surface area contributed by atoms with E-state index in [1.807, 2.05) is 0 Å². The maximum atomic E-state index is 14.2. The maximum Gasteiger partial charge on any atom is 0.245 e.